The molecule has 0 aromatic rings. The fraction of sp³-hybridized carbons (Fsp3) is 0.800. The molecular weight excluding hydrogens is 396 g/mol. The Bertz CT molecular complexity index is 817. The number of hydrogen-bond donors (Lipinski definition) is 2. The van der Waals surface area contributed by atoms with Crippen LogP contribution >= 0.6 is 0 Å². The van der Waals surface area contributed by atoms with Gasteiger partial charge in [-0.3, -0.25) is 14.4 Å². The van der Waals surface area contributed by atoms with Crippen molar-refractivity contribution in [2.24, 2.45) is 28.6 Å². The molecule has 4 rings (SSSR count). The van der Waals surface area contributed by atoms with E-state index < -0.39 is 35.5 Å². The van der Waals surface area contributed by atoms with Gasteiger partial charge in [0, 0.05) is 18.3 Å². The van der Waals surface area contributed by atoms with Crippen LogP contribution in [0.1, 0.15) is 78.6 Å². The molecule has 0 aromatic carbocycles. The molecule has 0 heterocycles. The second kappa shape index (κ2) is 7.80. The van der Waals surface area contributed by atoms with Crippen molar-refractivity contribution in [3.63, 3.8) is 0 Å². The van der Waals surface area contributed by atoms with E-state index in [0.29, 0.717) is 25.7 Å². The molecule has 0 bridgehead atoms. The van der Waals surface area contributed by atoms with Crippen molar-refractivity contribution in [2.45, 2.75) is 90.3 Å². The number of fused-ring (bicyclic) bond motifs is 5. The van der Waals surface area contributed by atoms with Gasteiger partial charge in [0.05, 0.1) is 6.10 Å². The van der Waals surface area contributed by atoms with E-state index in [2.05, 4.69) is 6.92 Å². The maximum Gasteiger partial charge on any atom is 0.306 e. The molecule has 0 aromatic heterocycles. The van der Waals surface area contributed by atoms with Crippen LogP contribution in [-0.4, -0.2) is 46.1 Å². The van der Waals surface area contributed by atoms with E-state index >= 15 is 0 Å². The number of carbonyl (C=O) groups is 3. The summed E-state index contributed by atoms with van der Waals surface area (Å²) in [6.45, 7) is 5.39. The minimum absolute atomic E-state index is 0.0325. The van der Waals surface area contributed by atoms with Crippen molar-refractivity contribution in [3.8, 4) is 0 Å². The van der Waals surface area contributed by atoms with Crippen LogP contribution in [0, 0.1) is 28.6 Å². The van der Waals surface area contributed by atoms with Crippen molar-refractivity contribution in [1.29, 1.82) is 0 Å². The summed E-state index contributed by atoms with van der Waals surface area (Å²) in [7, 11) is 0. The lowest BCUT2D eigenvalue weighted by Gasteiger charge is -2.60. The van der Waals surface area contributed by atoms with E-state index in [4.69, 9.17) is 4.74 Å². The quantitative estimate of drug-likeness (QED) is 0.648. The van der Waals surface area contributed by atoms with E-state index in [1.807, 2.05) is 13.8 Å². The number of aliphatic hydroxyl groups is 2. The highest BCUT2D eigenvalue weighted by Crippen LogP contribution is 2.68. The monoisotopic (exact) mass is 432 g/mol. The normalized spacial score (nSPS) is 44.0. The third kappa shape index (κ3) is 3.16. The minimum Gasteiger partial charge on any atom is -0.450 e. The van der Waals surface area contributed by atoms with Crippen molar-refractivity contribution in [2.75, 3.05) is 6.61 Å². The van der Waals surface area contributed by atoms with E-state index in [-0.39, 0.29) is 35.4 Å². The van der Waals surface area contributed by atoms with E-state index in [1.54, 1.807) is 6.08 Å². The summed E-state index contributed by atoms with van der Waals surface area (Å²) in [6.07, 6.45) is 6.48. The zero-order valence-electron chi connectivity index (χ0n) is 19.0. The number of aliphatic hydroxyl groups excluding tert-OH is 2. The molecule has 0 aliphatic heterocycles. The summed E-state index contributed by atoms with van der Waals surface area (Å²) >= 11 is 0. The predicted octanol–water partition coefficient (Wildman–Crippen LogP) is 3.13. The van der Waals surface area contributed by atoms with Gasteiger partial charge in [-0.25, -0.2) is 0 Å². The standard InChI is InChI=1S/C25H36O6/c1-4-5-21(30)31-25(20(29)14-26)11-9-18-17-7-6-15-12-16(27)8-10-23(15,2)22(17)19(28)13-24(18,25)3/h12,17-19,22,26,28H,4-11,13-14H2,1-3H3/t17-,18?,19?,22?,23-,24-,25-/m0/s1. The van der Waals surface area contributed by atoms with Gasteiger partial charge in [-0.15, -0.1) is 0 Å². The zero-order chi connectivity index (χ0) is 22.6. The lowest BCUT2D eigenvalue weighted by Crippen LogP contribution is -2.63. The highest BCUT2D eigenvalue weighted by Gasteiger charge is 2.70. The van der Waals surface area contributed by atoms with E-state index in [9.17, 15) is 24.6 Å². The van der Waals surface area contributed by atoms with Crippen LogP contribution < -0.4 is 0 Å². The number of ether oxygens (including phenoxy) is 1. The Morgan fingerprint density at radius 1 is 1.19 bits per heavy atom. The summed E-state index contributed by atoms with van der Waals surface area (Å²) in [5.41, 5.74) is -1.12. The predicted molar refractivity (Wildman–Crippen MR) is 114 cm³/mol. The Kier molecular flexibility index (Phi) is 5.70. The number of rotatable bonds is 5. The van der Waals surface area contributed by atoms with Crippen molar-refractivity contribution < 1.29 is 29.3 Å². The largest absolute Gasteiger partial charge is 0.450 e. The number of ketones is 2. The van der Waals surface area contributed by atoms with Crippen LogP contribution in [0.25, 0.3) is 0 Å². The number of Topliss-reactive ketones (excluding diaryl/α,β-unsaturated/α-hetero) is 1. The molecule has 6 heteroatoms. The number of hydrogen-bond acceptors (Lipinski definition) is 6. The maximum atomic E-state index is 13.1. The first-order chi connectivity index (χ1) is 14.6. The van der Waals surface area contributed by atoms with E-state index in [0.717, 1.165) is 31.3 Å². The average molecular weight is 433 g/mol. The molecule has 0 radical (unpaired) electrons. The Balaban J connectivity index is 1.73. The smallest absolute Gasteiger partial charge is 0.306 e. The molecule has 0 spiro atoms. The summed E-state index contributed by atoms with van der Waals surface area (Å²) < 4.78 is 5.92. The summed E-state index contributed by atoms with van der Waals surface area (Å²) in [5.74, 6) is -0.320. The molecule has 4 aliphatic rings. The highest BCUT2D eigenvalue weighted by atomic mass is 16.6. The Morgan fingerprint density at radius 3 is 2.61 bits per heavy atom. The first-order valence-electron chi connectivity index (χ1n) is 11.9. The topological polar surface area (TPSA) is 101 Å². The molecular formula is C25H36O6. The maximum absolute atomic E-state index is 13.1. The van der Waals surface area contributed by atoms with Gasteiger partial charge in [-0.2, -0.15) is 0 Å². The Labute approximate surface area is 184 Å². The molecule has 7 atom stereocenters. The Morgan fingerprint density at radius 2 is 1.94 bits per heavy atom. The molecule has 6 nitrogen and oxygen atoms in total. The van der Waals surface area contributed by atoms with Crippen molar-refractivity contribution >= 4 is 17.5 Å². The van der Waals surface area contributed by atoms with Crippen molar-refractivity contribution in [3.05, 3.63) is 11.6 Å². The second-order valence-corrected chi connectivity index (χ2v) is 10.7. The lowest BCUT2D eigenvalue weighted by atomic mass is 9.45. The van der Waals surface area contributed by atoms with Crippen LogP contribution in [0.15, 0.2) is 11.6 Å². The number of allylic oxidation sites excluding steroid dienone is 1. The van der Waals surface area contributed by atoms with Gasteiger partial charge in [0.15, 0.2) is 11.4 Å². The highest BCUT2D eigenvalue weighted by molar-refractivity contribution is 5.92. The van der Waals surface area contributed by atoms with E-state index in [1.165, 1.54) is 0 Å². The molecule has 3 unspecified atom stereocenters. The molecule has 0 saturated heterocycles. The van der Waals surface area contributed by atoms with Crippen LogP contribution in [-0.2, 0) is 19.1 Å². The van der Waals surface area contributed by atoms with Crippen LogP contribution in [0.2, 0.25) is 0 Å². The molecule has 3 fully saturated rings. The number of esters is 1. The van der Waals surface area contributed by atoms with Crippen LogP contribution in [0.4, 0.5) is 0 Å². The summed E-state index contributed by atoms with van der Waals surface area (Å²) in [6, 6.07) is 0. The van der Waals surface area contributed by atoms with Gasteiger partial charge in [-0.05, 0) is 74.2 Å². The molecule has 3 saturated carbocycles. The average Bonchev–Trinajstić information content (AvgIpc) is 3.00. The number of carbonyl (C=O) groups excluding carboxylic acids is 3. The van der Waals surface area contributed by atoms with Gasteiger partial charge < -0.3 is 14.9 Å². The van der Waals surface area contributed by atoms with Gasteiger partial charge >= 0.3 is 5.97 Å². The molecule has 31 heavy (non-hydrogen) atoms. The molecule has 2 N–H and O–H groups in total. The van der Waals surface area contributed by atoms with Gasteiger partial charge in [0.2, 0.25) is 5.78 Å². The molecule has 172 valence electrons. The summed E-state index contributed by atoms with van der Waals surface area (Å²) in [4.78, 5) is 37.6. The first-order valence-corrected chi connectivity index (χ1v) is 11.9. The molecule has 4 aliphatic carbocycles. The third-order valence-electron chi connectivity index (χ3n) is 9.35. The third-order valence-corrected chi connectivity index (χ3v) is 9.35. The van der Waals surface area contributed by atoms with Gasteiger partial charge in [0.25, 0.3) is 0 Å². The molecule has 0 amide bonds. The minimum atomic E-state index is -1.37. The first kappa shape index (κ1) is 22.7. The van der Waals surface area contributed by atoms with Gasteiger partial charge in [0.1, 0.15) is 6.61 Å². The van der Waals surface area contributed by atoms with Crippen LogP contribution in [0.5, 0.6) is 0 Å². The van der Waals surface area contributed by atoms with Crippen LogP contribution in [0.3, 0.4) is 0 Å². The zero-order valence-corrected chi connectivity index (χ0v) is 19.0. The lowest BCUT2D eigenvalue weighted by molar-refractivity contribution is -0.202. The fourth-order valence-corrected chi connectivity index (χ4v) is 7.94. The summed E-state index contributed by atoms with van der Waals surface area (Å²) in [5, 5.41) is 21.3. The second-order valence-electron chi connectivity index (χ2n) is 10.7. The van der Waals surface area contributed by atoms with Gasteiger partial charge in [-0.1, -0.05) is 26.3 Å². The SMILES string of the molecule is CCCC(=O)O[C@]1(C(=O)CO)CCC2[C@@H]3CCC4=CC(=O)CC[C@]4(C)C3C(O)C[C@@]21C. The Hall–Kier alpha value is -1.53. The van der Waals surface area contributed by atoms with Crippen molar-refractivity contribution in [1.82, 2.24) is 0 Å². The fourth-order valence-electron chi connectivity index (χ4n) is 7.94.